The summed E-state index contributed by atoms with van der Waals surface area (Å²) in [6, 6.07) is 7.38. The van der Waals surface area contributed by atoms with Crippen LogP contribution in [0.15, 0.2) is 24.3 Å². The molecule has 0 spiro atoms. The van der Waals surface area contributed by atoms with E-state index in [0.29, 0.717) is 11.0 Å². The Kier molecular flexibility index (Phi) is 5.54. The van der Waals surface area contributed by atoms with Crippen LogP contribution in [0.2, 0.25) is 0 Å². The average molecular weight is 281 g/mol. The Morgan fingerprint density at radius 3 is 3.21 bits per heavy atom. The molecular formula is C14H19NO3S. The van der Waals surface area contributed by atoms with E-state index in [-0.39, 0.29) is 5.91 Å². The Balaban J connectivity index is 1.76. The van der Waals surface area contributed by atoms with Gasteiger partial charge in [0.25, 0.3) is 0 Å². The SMILES string of the molecule is COc1cccc(NC(=O)CSC2CCCOC2)c1. The minimum absolute atomic E-state index is 0.0174. The second-order valence-electron chi connectivity index (χ2n) is 4.43. The van der Waals surface area contributed by atoms with Crippen LogP contribution in [0.25, 0.3) is 0 Å². The zero-order chi connectivity index (χ0) is 13.5. The second kappa shape index (κ2) is 7.40. The first-order valence-corrected chi connectivity index (χ1v) is 7.46. The number of hydrogen-bond acceptors (Lipinski definition) is 4. The van der Waals surface area contributed by atoms with Crippen molar-refractivity contribution in [3.05, 3.63) is 24.3 Å². The van der Waals surface area contributed by atoms with E-state index in [1.165, 1.54) is 0 Å². The highest BCUT2D eigenvalue weighted by molar-refractivity contribution is 8.00. The van der Waals surface area contributed by atoms with Gasteiger partial charge in [-0.05, 0) is 25.0 Å². The molecule has 0 saturated carbocycles. The van der Waals surface area contributed by atoms with Crippen LogP contribution in [0.5, 0.6) is 5.75 Å². The molecule has 19 heavy (non-hydrogen) atoms. The molecule has 1 aliphatic rings. The Hall–Kier alpha value is -1.20. The van der Waals surface area contributed by atoms with E-state index >= 15 is 0 Å². The summed E-state index contributed by atoms with van der Waals surface area (Å²) in [5.74, 6) is 1.22. The number of rotatable bonds is 5. The maximum Gasteiger partial charge on any atom is 0.234 e. The highest BCUT2D eigenvalue weighted by Gasteiger charge is 2.15. The van der Waals surface area contributed by atoms with Gasteiger partial charge in [0.05, 0.1) is 19.5 Å². The minimum Gasteiger partial charge on any atom is -0.497 e. The topological polar surface area (TPSA) is 47.6 Å². The minimum atomic E-state index is 0.0174. The van der Waals surface area contributed by atoms with Gasteiger partial charge in [0.2, 0.25) is 5.91 Å². The summed E-state index contributed by atoms with van der Waals surface area (Å²) in [5.41, 5.74) is 0.768. The molecule has 1 N–H and O–H groups in total. The Bertz CT molecular complexity index is 419. The van der Waals surface area contributed by atoms with E-state index < -0.39 is 0 Å². The summed E-state index contributed by atoms with van der Waals surface area (Å²) in [5, 5.41) is 3.32. The molecule has 1 aromatic rings. The number of thioether (sulfide) groups is 1. The number of nitrogens with one attached hydrogen (secondary N) is 1. The lowest BCUT2D eigenvalue weighted by Crippen LogP contribution is -2.22. The van der Waals surface area contributed by atoms with Crippen molar-refractivity contribution in [3.63, 3.8) is 0 Å². The van der Waals surface area contributed by atoms with E-state index in [1.807, 2.05) is 24.3 Å². The molecule has 0 aliphatic carbocycles. The number of hydrogen-bond donors (Lipinski definition) is 1. The fraction of sp³-hybridized carbons (Fsp3) is 0.500. The predicted molar refractivity (Wildman–Crippen MR) is 77.9 cm³/mol. The largest absolute Gasteiger partial charge is 0.497 e. The van der Waals surface area contributed by atoms with Gasteiger partial charge in [-0.15, -0.1) is 11.8 Å². The third kappa shape index (κ3) is 4.76. The van der Waals surface area contributed by atoms with E-state index in [1.54, 1.807) is 18.9 Å². The molecule has 1 heterocycles. The normalized spacial score (nSPS) is 18.9. The van der Waals surface area contributed by atoms with Crippen LogP contribution in [0.4, 0.5) is 5.69 Å². The lowest BCUT2D eigenvalue weighted by molar-refractivity contribution is -0.113. The number of methoxy groups -OCH3 is 1. The van der Waals surface area contributed by atoms with Crippen molar-refractivity contribution >= 4 is 23.4 Å². The van der Waals surface area contributed by atoms with Crippen molar-refractivity contribution in [2.45, 2.75) is 18.1 Å². The monoisotopic (exact) mass is 281 g/mol. The molecule has 1 aliphatic heterocycles. The first kappa shape index (κ1) is 14.2. The summed E-state index contributed by atoms with van der Waals surface area (Å²) in [6.45, 7) is 1.62. The van der Waals surface area contributed by atoms with Crippen molar-refractivity contribution in [3.8, 4) is 5.75 Å². The molecule has 104 valence electrons. The smallest absolute Gasteiger partial charge is 0.234 e. The van der Waals surface area contributed by atoms with Gasteiger partial charge in [0.15, 0.2) is 0 Å². The van der Waals surface area contributed by atoms with Crippen LogP contribution < -0.4 is 10.1 Å². The maximum absolute atomic E-state index is 11.8. The fourth-order valence-corrected chi connectivity index (χ4v) is 2.92. The van der Waals surface area contributed by atoms with E-state index in [9.17, 15) is 4.79 Å². The number of amides is 1. The third-order valence-corrected chi connectivity index (χ3v) is 4.19. The van der Waals surface area contributed by atoms with Gasteiger partial charge in [-0.3, -0.25) is 4.79 Å². The van der Waals surface area contributed by atoms with E-state index in [4.69, 9.17) is 9.47 Å². The van der Waals surface area contributed by atoms with Crippen LogP contribution in [0.3, 0.4) is 0 Å². The molecule has 1 saturated heterocycles. The molecule has 1 atom stereocenters. The predicted octanol–water partition coefficient (Wildman–Crippen LogP) is 2.55. The standard InChI is InChI=1S/C14H19NO3S/c1-17-12-5-2-4-11(8-12)15-14(16)10-19-13-6-3-7-18-9-13/h2,4-5,8,13H,3,6-7,9-10H2,1H3,(H,15,16). The lowest BCUT2D eigenvalue weighted by Gasteiger charge is -2.21. The average Bonchev–Trinajstić information content (AvgIpc) is 2.46. The first-order chi connectivity index (χ1) is 9.28. The number of carbonyl (C=O) groups excluding carboxylic acids is 1. The number of ether oxygens (including phenoxy) is 2. The molecule has 0 bridgehead atoms. The van der Waals surface area contributed by atoms with Gasteiger partial charge in [-0.1, -0.05) is 6.07 Å². The summed E-state index contributed by atoms with van der Waals surface area (Å²) in [4.78, 5) is 11.8. The van der Waals surface area contributed by atoms with Crippen LogP contribution in [0.1, 0.15) is 12.8 Å². The molecule has 4 nitrogen and oxygen atoms in total. The number of anilines is 1. The molecule has 0 radical (unpaired) electrons. The summed E-state index contributed by atoms with van der Waals surface area (Å²) in [7, 11) is 1.61. The van der Waals surface area contributed by atoms with Crippen molar-refractivity contribution in [1.82, 2.24) is 0 Å². The van der Waals surface area contributed by atoms with Gasteiger partial charge >= 0.3 is 0 Å². The van der Waals surface area contributed by atoms with Gasteiger partial charge < -0.3 is 14.8 Å². The van der Waals surface area contributed by atoms with Crippen molar-refractivity contribution in [1.29, 1.82) is 0 Å². The maximum atomic E-state index is 11.8. The molecule has 2 rings (SSSR count). The summed E-state index contributed by atoms with van der Waals surface area (Å²) < 4.78 is 10.5. The quantitative estimate of drug-likeness (QED) is 0.901. The third-order valence-electron chi connectivity index (χ3n) is 2.92. The first-order valence-electron chi connectivity index (χ1n) is 6.41. The van der Waals surface area contributed by atoms with Gasteiger partial charge in [-0.25, -0.2) is 0 Å². The highest BCUT2D eigenvalue weighted by Crippen LogP contribution is 2.21. The molecule has 1 aromatic carbocycles. The molecule has 5 heteroatoms. The van der Waals surface area contributed by atoms with Crippen molar-refractivity contribution in [2.75, 3.05) is 31.4 Å². The molecule has 1 unspecified atom stereocenters. The van der Waals surface area contributed by atoms with Crippen LogP contribution in [0, 0.1) is 0 Å². The molecule has 1 amide bonds. The fourth-order valence-electron chi connectivity index (χ4n) is 1.93. The molecule has 1 fully saturated rings. The molecule has 0 aromatic heterocycles. The van der Waals surface area contributed by atoms with Gasteiger partial charge in [-0.2, -0.15) is 0 Å². The van der Waals surface area contributed by atoms with Gasteiger partial charge in [0.1, 0.15) is 5.75 Å². The summed E-state index contributed by atoms with van der Waals surface area (Å²) >= 11 is 1.67. The van der Waals surface area contributed by atoms with E-state index in [2.05, 4.69) is 5.32 Å². The van der Waals surface area contributed by atoms with Gasteiger partial charge in [0, 0.05) is 23.6 Å². The number of benzene rings is 1. The Labute approximate surface area is 117 Å². The van der Waals surface area contributed by atoms with Crippen LogP contribution in [-0.4, -0.2) is 37.2 Å². The Morgan fingerprint density at radius 2 is 2.47 bits per heavy atom. The second-order valence-corrected chi connectivity index (χ2v) is 5.72. The lowest BCUT2D eigenvalue weighted by atomic mass is 10.2. The zero-order valence-corrected chi connectivity index (χ0v) is 11.9. The Morgan fingerprint density at radius 1 is 1.58 bits per heavy atom. The number of carbonyl (C=O) groups is 1. The van der Waals surface area contributed by atoms with E-state index in [0.717, 1.165) is 37.5 Å². The van der Waals surface area contributed by atoms with Crippen molar-refractivity contribution in [2.24, 2.45) is 0 Å². The van der Waals surface area contributed by atoms with Crippen LogP contribution in [-0.2, 0) is 9.53 Å². The molecular weight excluding hydrogens is 262 g/mol. The zero-order valence-electron chi connectivity index (χ0n) is 11.1. The van der Waals surface area contributed by atoms with Crippen molar-refractivity contribution < 1.29 is 14.3 Å². The highest BCUT2D eigenvalue weighted by atomic mass is 32.2. The summed E-state index contributed by atoms with van der Waals surface area (Å²) in [6.07, 6.45) is 2.23. The van der Waals surface area contributed by atoms with Crippen LogP contribution >= 0.6 is 11.8 Å².